The Morgan fingerprint density at radius 3 is 3.15 bits per heavy atom. The normalized spacial score (nSPS) is 12.2. The molecule has 0 aromatic carbocycles. The maximum absolute atomic E-state index is 9.38. The van der Waals surface area contributed by atoms with Crippen LogP contribution in [0.4, 0.5) is 0 Å². The van der Waals surface area contributed by atoms with Crippen LogP contribution in [0, 0.1) is 0 Å². The summed E-state index contributed by atoms with van der Waals surface area (Å²) in [5.74, 6) is 0. The van der Waals surface area contributed by atoms with Gasteiger partial charge < -0.3 is 5.11 Å². The van der Waals surface area contributed by atoms with E-state index in [1.165, 1.54) is 0 Å². The summed E-state index contributed by atoms with van der Waals surface area (Å²) in [6.45, 7) is 2.60. The van der Waals surface area contributed by atoms with Crippen molar-refractivity contribution in [3.05, 3.63) is 22.3 Å². The Bertz CT molecular complexity index is 315. The molecule has 0 radical (unpaired) electrons. The van der Waals surface area contributed by atoms with Gasteiger partial charge in [-0.3, -0.25) is 4.68 Å². The third-order valence-corrected chi connectivity index (χ3v) is 1.54. The van der Waals surface area contributed by atoms with Crippen molar-refractivity contribution >= 4 is 0 Å². The first-order chi connectivity index (χ1) is 6.27. The monoisotopic (exact) mass is 182 g/mol. The second-order valence-electron chi connectivity index (χ2n) is 2.43. The lowest BCUT2D eigenvalue weighted by atomic mass is 10.3. The van der Waals surface area contributed by atoms with Gasteiger partial charge in [0.25, 0.3) is 0 Å². The van der Waals surface area contributed by atoms with Gasteiger partial charge in [-0.1, -0.05) is 10.3 Å². The van der Waals surface area contributed by atoms with Crippen LogP contribution in [-0.2, 0) is 6.54 Å². The molecule has 1 N–H and O–H groups in total. The lowest BCUT2D eigenvalue weighted by Crippen LogP contribution is -2.01. The standard InChI is InChI=1S/C6H10N6O/c1-2-12-4-5(9-11-12)6(13)3-8-10-7/h4,6,13H,2-3H2,1H3. The first kappa shape index (κ1) is 9.50. The fourth-order valence-electron chi connectivity index (χ4n) is 0.828. The molecule has 1 aromatic rings. The van der Waals surface area contributed by atoms with Gasteiger partial charge in [0.15, 0.2) is 0 Å². The highest BCUT2D eigenvalue weighted by Gasteiger charge is 2.09. The summed E-state index contributed by atoms with van der Waals surface area (Å²) in [6, 6.07) is 0. The summed E-state index contributed by atoms with van der Waals surface area (Å²) in [5, 5.41) is 20.1. The predicted octanol–water partition coefficient (Wildman–Crippen LogP) is 0.642. The van der Waals surface area contributed by atoms with E-state index >= 15 is 0 Å². The zero-order valence-corrected chi connectivity index (χ0v) is 7.20. The van der Waals surface area contributed by atoms with E-state index in [2.05, 4.69) is 20.3 Å². The average molecular weight is 182 g/mol. The molecule has 0 bridgehead atoms. The van der Waals surface area contributed by atoms with Gasteiger partial charge >= 0.3 is 0 Å². The summed E-state index contributed by atoms with van der Waals surface area (Å²) in [4.78, 5) is 2.54. The first-order valence-electron chi connectivity index (χ1n) is 3.87. The van der Waals surface area contributed by atoms with Crippen molar-refractivity contribution in [2.24, 2.45) is 5.11 Å². The van der Waals surface area contributed by atoms with Crippen molar-refractivity contribution in [1.29, 1.82) is 0 Å². The molecule has 0 amide bonds. The van der Waals surface area contributed by atoms with E-state index in [4.69, 9.17) is 5.53 Å². The molecule has 0 spiro atoms. The van der Waals surface area contributed by atoms with E-state index in [-0.39, 0.29) is 6.54 Å². The number of nitrogens with zero attached hydrogens (tertiary/aromatic N) is 6. The number of aromatic nitrogens is 3. The fourth-order valence-corrected chi connectivity index (χ4v) is 0.828. The molecule has 7 nitrogen and oxygen atoms in total. The Morgan fingerprint density at radius 1 is 1.85 bits per heavy atom. The van der Waals surface area contributed by atoms with Gasteiger partial charge in [-0.25, -0.2) is 0 Å². The highest BCUT2D eigenvalue weighted by Crippen LogP contribution is 2.08. The minimum Gasteiger partial charge on any atom is -0.387 e. The second-order valence-corrected chi connectivity index (χ2v) is 2.43. The number of rotatable bonds is 4. The van der Waals surface area contributed by atoms with Crippen molar-refractivity contribution in [3.8, 4) is 0 Å². The molecule has 1 aromatic heterocycles. The van der Waals surface area contributed by atoms with Crippen LogP contribution >= 0.6 is 0 Å². The van der Waals surface area contributed by atoms with Crippen LogP contribution in [0.1, 0.15) is 18.7 Å². The Hall–Kier alpha value is -1.59. The summed E-state index contributed by atoms with van der Waals surface area (Å²) in [5.41, 5.74) is 8.44. The number of azide groups is 1. The Morgan fingerprint density at radius 2 is 2.62 bits per heavy atom. The van der Waals surface area contributed by atoms with E-state index in [0.29, 0.717) is 12.2 Å². The number of hydrogen-bond acceptors (Lipinski definition) is 4. The number of aliphatic hydroxyl groups excluding tert-OH is 1. The molecule has 1 atom stereocenters. The van der Waals surface area contributed by atoms with E-state index in [1.54, 1.807) is 10.9 Å². The molecule has 0 saturated carbocycles. The summed E-state index contributed by atoms with van der Waals surface area (Å²) in [6.07, 6.45) is 0.758. The van der Waals surface area contributed by atoms with Crippen LogP contribution in [0.25, 0.3) is 10.4 Å². The van der Waals surface area contributed by atoms with Crippen LogP contribution in [0.2, 0.25) is 0 Å². The van der Waals surface area contributed by atoms with E-state index in [0.717, 1.165) is 0 Å². The quantitative estimate of drug-likeness (QED) is 0.420. The van der Waals surface area contributed by atoms with Crippen LogP contribution < -0.4 is 0 Å². The van der Waals surface area contributed by atoms with E-state index < -0.39 is 6.10 Å². The van der Waals surface area contributed by atoms with Crippen molar-refractivity contribution in [3.63, 3.8) is 0 Å². The Labute approximate surface area is 74.6 Å². The zero-order chi connectivity index (χ0) is 9.68. The second kappa shape index (κ2) is 4.44. The lowest BCUT2D eigenvalue weighted by molar-refractivity contribution is 0.182. The SMILES string of the molecule is CCn1cc(C(O)CN=[N+]=[N-])nn1. The van der Waals surface area contributed by atoms with Crippen LogP contribution in [0.3, 0.4) is 0 Å². The van der Waals surface area contributed by atoms with Crippen molar-refractivity contribution in [1.82, 2.24) is 15.0 Å². The fraction of sp³-hybridized carbons (Fsp3) is 0.667. The van der Waals surface area contributed by atoms with E-state index in [9.17, 15) is 5.11 Å². The van der Waals surface area contributed by atoms with Gasteiger partial charge in [0.2, 0.25) is 0 Å². The predicted molar refractivity (Wildman–Crippen MR) is 44.7 cm³/mol. The van der Waals surface area contributed by atoms with Gasteiger partial charge in [0, 0.05) is 11.5 Å². The molecule has 1 unspecified atom stereocenters. The first-order valence-corrected chi connectivity index (χ1v) is 3.87. The molecule has 0 fully saturated rings. The smallest absolute Gasteiger partial charge is 0.111 e. The van der Waals surface area contributed by atoms with Crippen molar-refractivity contribution in [2.45, 2.75) is 19.6 Å². The molecular weight excluding hydrogens is 172 g/mol. The average Bonchev–Trinajstić information content (AvgIpc) is 2.62. The molecule has 1 heterocycles. The number of aliphatic hydroxyl groups is 1. The van der Waals surface area contributed by atoms with Crippen LogP contribution in [0.5, 0.6) is 0 Å². The molecule has 70 valence electrons. The Balaban J connectivity index is 2.65. The lowest BCUT2D eigenvalue weighted by Gasteiger charge is -1.99. The largest absolute Gasteiger partial charge is 0.387 e. The summed E-state index contributed by atoms with van der Waals surface area (Å²) in [7, 11) is 0. The van der Waals surface area contributed by atoms with Gasteiger partial charge in [0.05, 0.1) is 12.7 Å². The van der Waals surface area contributed by atoms with Gasteiger partial charge in [-0.2, -0.15) is 0 Å². The van der Waals surface area contributed by atoms with Gasteiger partial charge in [-0.15, -0.1) is 5.10 Å². The minimum atomic E-state index is -0.865. The zero-order valence-electron chi connectivity index (χ0n) is 7.20. The number of hydrogen-bond donors (Lipinski definition) is 1. The minimum absolute atomic E-state index is 0.0150. The molecule has 0 aliphatic carbocycles. The van der Waals surface area contributed by atoms with Crippen LogP contribution in [-0.4, -0.2) is 26.6 Å². The maximum Gasteiger partial charge on any atom is 0.111 e. The van der Waals surface area contributed by atoms with Gasteiger partial charge in [0.1, 0.15) is 11.8 Å². The third kappa shape index (κ3) is 2.43. The molecule has 7 heteroatoms. The highest BCUT2D eigenvalue weighted by atomic mass is 16.3. The van der Waals surface area contributed by atoms with Crippen molar-refractivity contribution in [2.75, 3.05) is 6.54 Å². The topological polar surface area (TPSA) is 99.7 Å². The van der Waals surface area contributed by atoms with E-state index in [1.807, 2.05) is 6.92 Å². The molecule has 0 saturated heterocycles. The van der Waals surface area contributed by atoms with Crippen LogP contribution in [0.15, 0.2) is 11.3 Å². The molecular formula is C6H10N6O. The maximum atomic E-state index is 9.38. The molecule has 13 heavy (non-hydrogen) atoms. The summed E-state index contributed by atoms with van der Waals surface area (Å²) < 4.78 is 1.59. The number of aryl methyl sites for hydroxylation is 1. The van der Waals surface area contributed by atoms with Crippen molar-refractivity contribution < 1.29 is 5.11 Å². The molecule has 0 aliphatic heterocycles. The highest BCUT2D eigenvalue weighted by molar-refractivity contribution is 4.97. The molecule has 0 aliphatic rings. The molecule has 1 rings (SSSR count). The summed E-state index contributed by atoms with van der Waals surface area (Å²) >= 11 is 0. The third-order valence-electron chi connectivity index (χ3n) is 1.54. The Kier molecular flexibility index (Phi) is 3.24. The van der Waals surface area contributed by atoms with Gasteiger partial charge in [-0.05, 0) is 12.5 Å².